The third-order valence-electron chi connectivity index (χ3n) is 9.40. The zero-order chi connectivity index (χ0) is 32.2. The number of aromatic nitrogens is 3. The molecular weight excluding hydrogens is 636 g/mol. The number of carboxylic acids is 1. The van der Waals surface area contributed by atoms with Crippen molar-refractivity contribution in [3.05, 3.63) is 69.2 Å². The van der Waals surface area contributed by atoms with Crippen LogP contribution in [0.3, 0.4) is 0 Å². The van der Waals surface area contributed by atoms with Crippen LogP contribution in [-0.4, -0.2) is 45.8 Å². The molecule has 1 N–H and O–H groups in total. The van der Waals surface area contributed by atoms with E-state index < -0.39 is 17.6 Å². The Morgan fingerprint density at radius 3 is 2.65 bits per heavy atom. The van der Waals surface area contributed by atoms with E-state index >= 15 is 0 Å². The minimum atomic E-state index is -0.977. The Bertz CT molecular complexity index is 1940. The number of nitrogens with zero attached hydrogens (tertiary/aromatic N) is 5. The van der Waals surface area contributed by atoms with E-state index in [-0.39, 0.29) is 33.9 Å². The van der Waals surface area contributed by atoms with Crippen LogP contribution in [0.2, 0.25) is 5.02 Å². The summed E-state index contributed by atoms with van der Waals surface area (Å²) < 4.78 is 42.8. The van der Waals surface area contributed by atoms with Crippen molar-refractivity contribution in [1.82, 2.24) is 14.5 Å². The lowest BCUT2D eigenvalue weighted by Gasteiger charge is -2.52. The van der Waals surface area contributed by atoms with E-state index in [1.807, 2.05) is 6.08 Å². The highest BCUT2D eigenvalue weighted by molar-refractivity contribution is 7.20. The first-order valence-electron chi connectivity index (χ1n) is 15.0. The summed E-state index contributed by atoms with van der Waals surface area (Å²) in [7, 11) is 1.50. The fraction of sp³-hybridized carbons (Fsp3) is 0.394. The predicted octanol–water partition coefficient (Wildman–Crippen LogP) is 7.48. The van der Waals surface area contributed by atoms with Crippen molar-refractivity contribution in [1.29, 1.82) is 5.26 Å². The maximum atomic E-state index is 15.0. The molecule has 3 aromatic heterocycles. The number of imidazole rings is 1. The molecule has 46 heavy (non-hydrogen) atoms. The quantitative estimate of drug-likeness (QED) is 0.186. The van der Waals surface area contributed by atoms with Gasteiger partial charge in [0.05, 0.1) is 18.7 Å². The standard InChI is InChI=1S/C33H30ClF2N5O4S/c1-44-25-12-21(34)3-2-20(25)15-45-28-23(36)13-22(35)27(38-28)19-4-6-33(7-5-19)16-40(17-33)31-39-29-24(14-26(46-29)30(42)43)41(31)18-32(8-9-32)10-11-37/h2-4,12-14H,5-10,15-18H2,1H3,(H,42,43). The number of allylic oxidation sites excluding steroid dienone is 2. The summed E-state index contributed by atoms with van der Waals surface area (Å²) in [6.45, 7) is 2.08. The van der Waals surface area contributed by atoms with Gasteiger partial charge in [-0.2, -0.15) is 5.26 Å². The zero-order valence-corrected chi connectivity index (χ0v) is 26.6. The van der Waals surface area contributed by atoms with Crippen LogP contribution in [0.25, 0.3) is 15.9 Å². The Balaban J connectivity index is 1.07. The molecule has 2 fully saturated rings. The van der Waals surface area contributed by atoms with Gasteiger partial charge in [-0.25, -0.2) is 23.5 Å². The van der Waals surface area contributed by atoms with Crippen molar-refractivity contribution in [2.45, 2.75) is 51.7 Å². The van der Waals surface area contributed by atoms with E-state index in [2.05, 4.69) is 20.5 Å². The Morgan fingerprint density at radius 2 is 1.98 bits per heavy atom. The molecule has 238 valence electrons. The first kappa shape index (κ1) is 30.4. The molecule has 1 saturated heterocycles. The highest BCUT2D eigenvalue weighted by Crippen LogP contribution is 2.52. The molecule has 2 aliphatic carbocycles. The fourth-order valence-electron chi connectivity index (χ4n) is 6.59. The number of aromatic carboxylic acids is 1. The van der Waals surface area contributed by atoms with Crippen molar-refractivity contribution < 1.29 is 28.2 Å². The molecule has 13 heteroatoms. The molecule has 1 saturated carbocycles. The van der Waals surface area contributed by atoms with Crippen molar-refractivity contribution in [2.24, 2.45) is 10.8 Å². The first-order chi connectivity index (χ1) is 22.1. The number of rotatable bonds is 10. The number of thiophene rings is 1. The van der Waals surface area contributed by atoms with Crippen LogP contribution in [0.5, 0.6) is 11.6 Å². The smallest absolute Gasteiger partial charge is 0.346 e. The summed E-state index contributed by atoms with van der Waals surface area (Å²) in [6.07, 6.45) is 6.44. The van der Waals surface area contributed by atoms with E-state index in [4.69, 9.17) is 26.1 Å². The Labute approximate surface area is 272 Å². The minimum absolute atomic E-state index is 0.0230. The molecule has 0 radical (unpaired) electrons. The van der Waals surface area contributed by atoms with Crippen molar-refractivity contribution >= 4 is 50.8 Å². The summed E-state index contributed by atoms with van der Waals surface area (Å²) in [5.74, 6) is -1.59. The van der Waals surface area contributed by atoms with Gasteiger partial charge in [0.25, 0.3) is 5.88 Å². The van der Waals surface area contributed by atoms with Gasteiger partial charge >= 0.3 is 5.97 Å². The van der Waals surface area contributed by atoms with Gasteiger partial charge in [-0.3, -0.25) is 0 Å². The van der Waals surface area contributed by atoms with Crippen LogP contribution in [-0.2, 0) is 13.2 Å². The monoisotopic (exact) mass is 665 g/mol. The van der Waals surface area contributed by atoms with Crippen molar-refractivity contribution in [3.8, 4) is 17.7 Å². The van der Waals surface area contributed by atoms with Crippen molar-refractivity contribution in [2.75, 3.05) is 25.1 Å². The van der Waals surface area contributed by atoms with Crippen molar-refractivity contribution in [3.63, 3.8) is 0 Å². The number of nitriles is 1. The largest absolute Gasteiger partial charge is 0.496 e. The lowest BCUT2D eigenvalue weighted by atomic mass is 9.69. The number of hydrogen-bond donors (Lipinski definition) is 1. The number of anilines is 1. The number of methoxy groups -OCH3 is 1. The SMILES string of the molecule is COc1cc(Cl)ccc1COc1nc(C2=CCC3(CC2)CN(c2nc4sc(C(=O)O)cc4n2CC2(CC#N)CC2)C3)c(F)cc1F. The second-order valence-corrected chi connectivity index (χ2v) is 14.0. The summed E-state index contributed by atoms with van der Waals surface area (Å²) in [5, 5.41) is 19.4. The highest BCUT2D eigenvalue weighted by atomic mass is 35.5. The second-order valence-electron chi connectivity index (χ2n) is 12.6. The molecule has 1 aromatic carbocycles. The zero-order valence-electron chi connectivity index (χ0n) is 25.0. The fourth-order valence-corrected chi connectivity index (χ4v) is 7.62. The molecule has 9 nitrogen and oxygen atoms in total. The number of halogens is 3. The van der Waals surface area contributed by atoms with Gasteiger partial charge in [0.1, 0.15) is 27.8 Å². The second kappa shape index (κ2) is 11.5. The average molecular weight is 666 g/mol. The van der Waals surface area contributed by atoms with E-state index in [9.17, 15) is 23.9 Å². The third-order valence-corrected chi connectivity index (χ3v) is 10.6. The molecule has 7 rings (SSSR count). The van der Waals surface area contributed by atoms with Crippen LogP contribution in [0.15, 0.2) is 36.4 Å². The van der Waals surface area contributed by atoms with Gasteiger partial charge in [0, 0.05) is 53.5 Å². The molecule has 0 unspecified atom stereocenters. The molecule has 1 aliphatic heterocycles. The van der Waals surface area contributed by atoms with Gasteiger partial charge in [0.2, 0.25) is 5.95 Å². The number of ether oxygens (including phenoxy) is 2. The van der Waals surface area contributed by atoms with Crippen LogP contribution >= 0.6 is 22.9 Å². The van der Waals surface area contributed by atoms with Crippen LogP contribution in [0.4, 0.5) is 14.7 Å². The molecule has 0 bridgehead atoms. The molecule has 1 spiro atoms. The Kier molecular flexibility index (Phi) is 7.64. The molecule has 4 heterocycles. The maximum Gasteiger partial charge on any atom is 0.346 e. The Hall–Kier alpha value is -4.21. The summed E-state index contributed by atoms with van der Waals surface area (Å²) >= 11 is 7.19. The lowest BCUT2D eigenvalue weighted by molar-refractivity contribution is 0.0702. The highest BCUT2D eigenvalue weighted by Gasteiger charge is 2.48. The van der Waals surface area contributed by atoms with Gasteiger partial charge in [0.15, 0.2) is 11.6 Å². The lowest BCUT2D eigenvalue weighted by Crippen LogP contribution is -2.57. The average Bonchev–Trinajstić information content (AvgIpc) is 3.51. The molecule has 3 aliphatic rings. The number of carbonyl (C=O) groups is 1. The van der Waals surface area contributed by atoms with E-state index in [0.717, 1.165) is 61.2 Å². The molecule has 0 amide bonds. The van der Waals surface area contributed by atoms with E-state index in [1.165, 1.54) is 7.11 Å². The number of benzene rings is 1. The van der Waals surface area contributed by atoms with Gasteiger partial charge in [-0.1, -0.05) is 23.7 Å². The maximum absolute atomic E-state index is 15.0. The molecule has 4 aromatic rings. The minimum Gasteiger partial charge on any atom is -0.496 e. The van der Waals surface area contributed by atoms with Crippen LogP contribution in [0.1, 0.15) is 59.5 Å². The Morgan fingerprint density at radius 1 is 1.17 bits per heavy atom. The number of hydrogen-bond acceptors (Lipinski definition) is 8. The van der Waals surface area contributed by atoms with Gasteiger partial charge in [-0.15, -0.1) is 11.3 Å². The summed E-state index contributed by atoms with van der Waals surface area (Å²) in [6, 6.07) is 9.83. The predicted molar refractivity (Wildman–Crippen MR) is 169 cm³/mol. The third kappa shape index (κ3) is 5.56. The topological polar surface area (TPSA) is 114 Å². The van der Waals surface area contributed by atoms with Gasteiger partial charge < -0.3 is 24.0 Å². The first-order valence-corrected chi connectivity index (χ1v) is 16.2. The van der Waals surface area contributed by atoms with E-state index in [0.29, 0.717) is 52.5 Å². The normalized spacial score (nSPS) is 17.8. The van der Waals surface area contributed by atoms with Gasteiger partial charge in [-0.05, 0) is 55.9 Å². The molecular formula is C33H30ClF2N5O4S. The number of carboxylic acid groups (broad SMARTS) is 1. The summed E-state index contributed by atoms with van der Waals surface area (Å²) in [4.78, 5) is 23.9. The summed E-state index contributed by atoms with van der Waals surface area (Å²) in [5.41, 5.74) is 2.12. The van der Waals surface area contributed by atoms with Crippen LogP contribution < -0.4 is 14.4 Å². The van der Waals surface area contributed by atoms with E-state index in [1.54, 1.807) is 24.3 Å². The number of pyridine rings is 1. The number of fused-ring (bicyclic) bond motifs is 1. The van der Waals surface area contributed by atoms with Crippen LogP contribution in [0, 0.1) is 33.8 Å². The molecule has 0 atom stereocenters.